The largest absolute Gasteiger partial charge is 0.468 e. The number of alkyl halides is 3. The van der Waals surface area contributed by atoms with Gasteiger partial charge in [0.25, 0.3) is 5.91 Å². The highest BCUT2D eigenvalue weighted by Gasteiger charge is 2.30. The maximum atomic E-state index is 12.5. The van der Waals surface area contributed by atoms with E-state index in [0.717, 1.165) is 0 Å². The molecule has 0 aliphatic carbocycles. The Labute approximate surface area is 163 Å². The van der Waals surface area contributed by atoms with Crippen molar-refractivity contribution in [2.45, 2.75) is 18.6 Å². The highest BCUT2D eigenvalue weighted by Crippen LogP contribution is 2.30. The van der Waals surface area contributed by atoms with Crippen LogP contribution in [0.15, 0.2) is 53.7 Å². The molecule has 1 aliphatic heterocycles. The zero-order valence-electron chi connectivity index (χ0n) is 14.3. The topological polar surface area (TPSA) is 76.5 Å². The molecule has 1 aromatic heterocycles. The lowest BCUT2D eigenvalue weighted by Crippen LogP contribution is -2.38. The van der Waals surface area contributed by atoms with Crippen LogP contribution in [0.3, 0.4) is 0 Å². The minimum Gasteiger partial charge on any atom is -0.468 e. The van der Waals surface area contributed by atoms with Crippen molar-refractivity contribution in [2.24, 2.45) is 4.99 Å². The summed E-state index contributed by atoms with van der Waals surface area (Å²) < 4.78 is 42.5. The predicted molar refractivity (Wildman–Crippen MR) is 96.8 cm³/mol. The molecule has 0 fully saturated rings. The average Bonchev–Trinajstić information content (AvgIpc) is 2.67. The Balaban J connectivity index is 1.80. The second-order valence-corrected chi connectivity index (χ2v) is 6.28. The van der Waals surface area contributed by atoms with Crippen molar-refractivity contribution in [3.63, 3.8) is 0 Å². The van der Waals surface area contributed by atoms with Crippen LogP contribution in [0.5, 0.6) is 0 Å². The standard InChI is InChI=1S/C18H14ClF3N4O2/c19-12-3-1-11(2-4-12)14-7-13(8-25-17(14)28-10-18(20,21)22)26-16(27)15-9-23-5-6-24-15/h1-6,8-9,13H,7,10H2,(H,26,27). The molecule has 1 N–H and O–H groups in total. The molecule has 2 aromatic rings. The van der Waals surface area contributed by atoms with Crippen LogP contribution in [0.4, 0.5) is 13.2 Å². The SMILES string of the molecule is O=C(NC1C=NC(OCC(F)(F)F)=C(c2ccc(Cl)cc2)C1)c1cnccn1. The third-order valence-electron chi connectivity index (χ3n) is 3.73. The summed E-state index contributed by atoms with van der Waals surface area (Å²) >= 11 is 5.88. The van der Waals surface area contributed by atoms with E-state index in [-0.39, 0.29) is 18.0 Å². The lowest BCUT2D eigenvalue weighted by Gasteiger charge is -2.23. The van der Waals surface area contributed by atoms with Gasteiger partial charge in [-0.15, -0.1) is 0 Å². The van der Waals surface area contributed by atoms with Crippen molar-refractivity contribution in [2.75, 3.05) is 6.61 Å². The molecule has 2 heterocycles. The van der Waals surface area contributed by atoms with Gasteiger partial charge in [0.15, 0.2) is 6.61 Å². The van der Waals surface area contributed by atoms with Gasteiger partial charge in [-0.2, -0.15) is 13.2 Å². The van der Waals surface area contributed by atoms with Crippen LogP contribution >= 0.6 is 11.6 Å². The Morgan fingerprint density at radius 3 is 2.64 bits per heavy atom. The Bertz CT molecular complexity index is 899. The molecule has 146 valence electrons. The molecule has 1 amide bonds. The third kappa shape index (κ3) is 5.29. The zero-order chi connectivity index (χ0) is 20.1. The van der Waals surface area contributed by atoms with Gasteiger partial charge >= 0.3 is 6.18 Å². The number of hydrogen-bond acceptors (Lipinski definition) is 5. The molecule has 0 spiro atoms. The number of amides is 1. The first-order chi connectivity index (χ1) is 13.3. The number of nitrogens with zero attached hydrogens (tertiary/aromatic N) is 3. The second kappa shape index (κ2) is 8.39. The molecule has 10 heteroatoms. The number of rotatable bonds is 5. The Hall–Kier alpha value is -2.94. The molecule has 3 rings (SSSR count). The summed E-state index contributed by atoms with van der Waals surface area (Å²) in [5.41, 5.74) is 1.14. The molecule has 1 unspecified atom stereocenters. The first-order valence-corrected chi connectivity index (χ1v) is 8.49. The van der Waals surface area contributed by atoms with Gasteiger partial charge in [0.2, 0.25) is 5.88 Å². The second-order valence-electron chi connectivity index (χ2n) is 5.85. The van der Waals surface area contributed by atoms with Crippen molar-refractivity contribution in [1.29, 1.82) is 0 Å². The van der Waals surface area contributed by atoms with Gasteiger partial charge in [0, 0.05) is 35.6 Å². The Morgan fingerprint density at radius 2 is 2.00 bits per heavy atom. The lowest BCUT2D eigenvalue weighted by molar-refractivity contribution is -0.164. The summed E-state index contributed by atoms with van der Waals surface area (Å²) in [6.07, 6.45) is 1.15. The lowest BCUT2D eigenvalue weighted by atomic mass is 9.97. The number of hydrogen-bond donors (Lipinski definition) is 1. The summed E-state index contributed by atoms with van der Waals surface area (Å²) in [5, 5.41) is 3.19. The molecular weight excluding hydrogens is 397 g/mol. The van der Waals surface area contributed by atoms with Gasteiger partial charge in [0.05, 0.1) is 12.2 Å². The minimum atomic E-state index is -4.50. The number of nitrogens with one attached hydrogen (secondary N) is 1. The molecule has 1 aliphatic rings. The van der Waals surface area contributed by atoms with Gasteiger partial charge in [-0.05, 0) is 17.7 Å². The minimum absolute atomic E-state index is 0.118. The molecule has 28 heavy (non-hydrogen) atoms. The van der Waals surface area contributed by atoms with Crippen LogP contribution in [-0.2, 0) is 4.74 Å². The average molecular weight is 411 g/mol. The molecule has 6 nitrogen and oxygen atoms in total. The highest BCUT2D eigenvalue weighted by atomic mass is 35.5. The fourth-order valence-electron chi connectivity index (χ4n) is 2.51. The van der Waals surface area contributed by atoms with Gasteiger partial charge in [-0.25, -0.2) is 9.98 Å². The smallest absolute Gasteiger partial charge is 0.422 e. The summed E-state index contributed by atoms with van der Waals surface area (Å²) in [7, 11) is 0. The highest BCUT2D eigenvalue weighted by molar-refractivity contribution is 6.30. The first kappa shape index (κ1) is 19.8. The number of aliphatic imine (C=N–C) groups is 1. The monoisotopic (exact) mass is 410 g/mol. The maximum absolute atomic E-state index is 12.5. The molecule has 0 radical (unpaired) electrons. The van der Waals surface area contributed by atoms with Crippen molar-refractivity contribution >= 4 is 29.3 Å². The van der Waals surface area contributed by atoms with Crippen LogP contribution in [0.1, 0.15) is 22.5 Å². The van der Waals surface area contributed by atoms with Crippen LogP contribution in [0, 0.1) is 0 Å². The Kier molecular flexibility index (Phi) is 5.93. The predicted octanol–water partition coefficient (Wildman–Crippen LogP) is 3.65. The van der Waals surface area contributed by atoms with Gasteiger partial charge in [-0.1, -0.05) is 23.7 Å². The number of carbonyl (C=O) groups is 1. The van der Waals surface area contributed by atoms with E-state index < -0.39 is 24.7 Å². The van der Waals surface area contributed by atoms with E-state index in [9.17, 15) is 18.0 Å². The van der Waals surface area contributed by atoms with Crippen LogP contribution < -0.4 is 5.32 Å². The molecule has 0 saturated carbocycles. The molecule has 1 atom stereocenters. The summed E-state index contributed by atoms with van der Waals surface area (Å²) in [6.45, 7) is -1.46. The summed E-state index contributed by atoms with van der Waals surface area (Å²) in [4.78, 5) is 24.0. The van der Waals surface area contributed by atoms with E-state index in [4.69, 9.17) is 16.3 Å². The van der Waals surface area contributed by atoms with E-state index in [0.29, 0.717) is 16.2 Å². The fourth-order valence-corrected chi connectivity index (χ4v) is 2.64. The van der Waals surface area contributed by atoms with Crippen molar-refractivity contribution in [3.05, 3.63) is 65.0 Å². The summed E-state index contributed by atoms with van der Waals surface area (Å²) in [5.74, 6) is -0.621. The van der Waals surface area contributed by atoms with E-state index in [2.05, 4.69) is 20.3 Å². The van der Waals surface area contributed by atoms with E-state index in [1.165, 1.54) is 24.8 Å². The van der Waals surface area contributed by atoms with Gasteiger partial charge in [-0.3, -0.25) is 9.78 Å². The molecule has 1 aromatic carbocycles. The third-order valence-corrected chi connectivity index (χ3v) is 3.98. The molecule has 0 bridgehead atoms. The van der Waals surface area contributed by atoms with Gasteiger partial charge in [0.1, 0.15) is 5.69 Å². The number of halogens is 4. The zero-order valence-corrected chi connectivity index (χ0v) is 15.0. The number of benzene rings is 1. The molecule has 0 saturated heterocycles. The summed E-state index contributed by atoms with van der Waals surface area (Å²) in [6, 6.07) is 5.96. The maximum Gasteiger partial charge on any atom is 0.422 e. The van der Waals surface area contributed by atoms with Crippen LogP contribution in [0.25, 0.3) is 5.57 Å². The molecular formula is C18H14ClF3N4O2. The van der Waals surface area contributed by atoms with Crippen LogP contribution in [-0.4, -0.2) is 40.9 Å². The van der Waals surface area contributed by atoms with Crippen molar-refractivity contribution in [1.82, 2.24) is 15.3 Å². The Morgan fingerprint density at radius 1 is 1.25 bits per heavy atom. The van der Waals surface area contributed by atoms with Crippen molar-refractivity contribution < 1.29 is 22.7 Å². The van der Waals surface area contributed by atoms with Crippen LogP contribution in [0.2, 0.25) is 5.02 Å². The first-order valence-electron chi connectivity index (χ1n) is 8.11. The van der Waals surface area contributed by atoms with Gasteiger partial charge < -0.3 is 10.1 Å². The normalized spacial score (nSPS) is 16.8. The fraction of sp³-hybridized carbons (Fsp3) is 0.222. The van der Waals surface area contributed by atoms with E-state index in [1.54, 1.807) is 24.3 Å². The van der Waals surface area contributed by atoms with Crippen molar-refractivity contribution in [3.8, 4) is 0 Å². The number of aromatic nitrogens is 2. The quantitative estimate of drug-likeness (QED) is 0.816. The van der Waals surface area contributed by atoms with E-state index in [1.807, 2.05) is 0 Å². The number of ether oxygens (including phenoxy) is 1. The number of carbonyl (C=O) groups excluding carboxylic acids is 1. The van der Waals surface area contributed by atoms with E-state index >= 15 is 0 Å².